The summed E-state index contributed by atoms with van der Waals surface area (Å²) in [6, 6.07) is 3.80. The van der Waals surface area contributed by atoms with Gasteiger partial charge in [-0.3, -0.25) is 0 Å². The highest BCUT2D eigenvalue weighted by Gasteiger charge is 2.04. The van der Waals surface area contributed by atoms with Gasteiger partial charge in [-0.2, -0.15) is 0 Å². The maximum Gasteiger partial charge on any atom is 0.191 e. The first kappa shape index (κ1) is 10.4. The molecule has 0 saturated carbocycles. The minimum Gasteiger partial charge on any atom is -0.497 e. The molecule has 0 fully saturated rings. The molecule has 0 unspecified atom stereocenters. The van der Waals surface area contributed by atoms with Crippen molar-refractivity contribution in [2.45, 2.75) is 13.8 Å². The standard InChI is InChI=1S/C10H15N3O/c1-6-4-8(14-3)5-7(2)9(6)13-10(11)12/h4-5H,1-3H3,(H4,11,12,13). The van der Waals surface area contributed by atoms with Crippen LogP contribution in [-0.4, -0.2) is 13.1 Å². The second kappa shape index (κ2) is 4.00. The van der Waals surface area contributed by atoms with Crippen LogP contribution in [0, 0.1) is 13.8 Å². The molecule has 1 aromatic carbocycles. The van der Waals surface area contributed by atoms with Crippen LogP contribution >= 0.6 is 0 Å². The highest BCUT2D eigenvalue weighted by Crippen LogP contribution is 2.28. The van der Waals surface area contributed by atoms with Gasteiger partial charge in [0.15, 0.2) is 5.96 Å². The Balaban J connectivity index is 3.25. The van der Waals surface area contributed by atoms with Gasteiger partial charge in [0.25, 0.3) is 0 Å². The minimum absolute atomic E-state index is 0.0707. The minimum atomic E-state index is 0.0707. The van der Waals surface area contributed by atoms with Crippen LogP contribution < -0.4 is 16.2 Å². The van der Waals surface area contributed by atoms with Crippen molar-refractivity contribution in [1.29, 1.82) is 0 Å². The normalized spacial score (nSPS) is 9.64. The van der Waals surface area contributed by atoms with Gasteiger partial charge in [0, 0.05) is 0 Å². The number of methoxy groups -OCH3 is 1. The second-order valence-corrected chi connectivity index (χ2v) is 3.15. The summed E-state index contributed by atoms with van der Waals surface area (Å²) in [4.78, 5) is 4.05. The Morgan fingerprint density at radius 2 is 1.71 bits per heavy atom. The summed E-state index contributed by atoms with van der Waals surface area (Å²) in [5.74, 6) is 0.885. The zero-order valence-electron chi connectivity index (χ0n) is 8.66. The Hall–Kier alpha value is -1.71. The molecule has 76 valence electrons. The fourth-order valence-corrected chi connectivity index (χ4v) is 1.34. The summed E-state index contributed by atoms with van der Waals surface area (Å²) in [7, 11) is 1.63. The van der Waals surface area contributed by atoms with Crippen LogP contribution in [0.15, 0.2) is 17.1 Å². The van der Waals surface area contributed by atoms with E-state index in [4.69, 9.17) is 16.2 Å². The van der Waals surface area contributed by atoms with Crippen LogP contribution in [0.4, 0.5) is 5.69 Å². The molecule has 0 heterocycles. The Morgan fingerprint density at radius 3 is 2.07 bits per heavy atom. The Morgan fingerprint density at radius 1 is 1.21 bits per heavy atom. The molecule has 1 rings (SSSR count). The molecule has 0 spiro atoms. The molecule has 1 aromatic rings. The molecular weight excluding hydrogens is 178 g/mol. The van der Waals surface area contributed by atoms with Gasteiger partial charge in [-0.25, -0.2) is 4.99 Å². The number of ether oxygens (including phenoxy) is 1. The molecule has 4 heteroatoms. The van der Waals surface area contributed by atoms with Gasteiger partial charge in [-0.15, -0.1) is 0 Å². The lowest BCUT2D eigenvalue weighted by atomic mass is 10.1. The van der Waals surface area contributed by atoms with Crippen molar-refractivity contribution in [2.75, 3.05) is 7.11 Å². The summed E-state index contributed by atoms with van der Waals surface area (Å²) in [5.41, 5.74) is 13.5. The average molecular weight is 193 g/mol. The lowest BCUT2D eigenvalue weighted by Gasteiger charge is -2.08. The SMILES string of the molecule is COc1cc(C)c(N=C(N)N)c(C)c1. The number of hydrogen-bond donors (Lipinski definition) is 2. The summed E-state index contributed by atoms with van der Waals surface area (Å²) in [5, 5.41) is 0. The first-order valence-electron chi connectivity index (χ1n) is 4.29. The van der Waals surface area contributed by atoms with Gasteiger partial charge in [-0.05, 0) is 37.1 Å². The van der Waals surface area contributed by atoms with Gasteiger partial charge in [-0.1, -0.05) is 0 Å². The van der Waals surface area contributed by atoms with Gasteiger partial charge in [0.2, 0.25) is 0 Å². The van der Waals surface area contributed by atoms with E-state index in [1.54, 1.807) is 7.11 Å². The second-order valence-electron chi connectivity index (χ2n) is 3.15. The van der Waals surface area contributed by atoms with Crippen LogP contribution in [0.2, 0.25) is 0 Å². The number of hydrogen-bond acceptors (Lipinski definition) is 2. The van der Waals surface area contributed by atoms with Crippen LogP contribution in [0.25, 0.3) is 0 Å². The van der Waals surface area contributed by atoms with Crippen molar-refractivity contribution in [3.63, 3.8) is 0 Å². The number of benzene rings is 1. The Kier molecular flexibility index (Phi) is 2.96. The van der Waals surface area contributed by atoms with E-state index in [1.165, 1.54) is 0 Å². The monoisotopic (exact) mass is 193 g/mol. The maximum absolute atomic E-state index is 5.33. The Labute approximate surface area is 83.6 Å². The van der Waals surface area contributed by atoms with Crippen molar-refractivity contribution < 1.29 is 4.74 Å². The summed E-state index contributed by atoms with van der Waals surface area (Å²) in [6.45, 7) is 3.88. The third kappa shape index (κ3) is 2.16. The quantitative estimate of drug-likeness (QED) is 0.547. The van der Waals surface area contributed by atoms with Crippen molar-refractivity contribution in [1.82, 2.24) is 0 Å². The molecule has 0 radical (unpaired) electrons. The fraction of sp³-hybridized carbons (Fsp3) is 0.300. The highest BCUT2D eigenvalue weighted by atomic mass is 16.5. The van der Waals surface area contributed by atoms with Crippen LogP contribution in [0.3, 0.4) is 0 Å². The third-order valence-corrected chi connectivity index (χ3v) is 1.94. The number of nitrogens with two attached hydrogens (primary N) is 2. The van der Waals surface area contributed by atoms with Gasteiger partial charge >= 0.3 is 0 Å². The number of guanidine groups is 1. The van der Waals surface area contributed by atoms with E-state index in [0.717, 1.165) is 22.6 Å². The molecule has 0 bridgehead atoms. The smallest absolute Gasteiger partial charge is 0.191 e. The molecule has 0 amide bonds. The largest absolute Gasteiger partial charge is 0.497 e. The summed E-state index contributed by atoms with van der Waals surface area (Å²) < 4.78 is 5.12. The highest BCUT2D eigenvalue weighted by molar-refractivity contribution is 5.80. The number of aryl methyl sites for hydroxylation is 2. The van der Waals surface area contributed by atoms with E-state index < -0.39 is 0 Å². The van der Waals surface area contributed by atoms with Crippen molar-refractivity contribution in [3.05, 3.63) is 23.3 Å². The molecule has 0 aliphatic rings. The molecule has 0 atom stereocenters. The number of aliphatic imine (C=N–C) groups is 1. The first-order chi connectivity index (χ1) is 6.54. The molecule has 4 nitrogen and oxygen atoms in total. The van der Waals surface area contributed by atoms with Gasteiger partial charge < -0.3 is 16.2 Å². The predicted molar refractivity (Wildman–Crippen MR) is 57.9 cm³/mol. The third-order valence-electron chi connectivity index (χ3n) is 1.94. The van der Waals surface area contributed by atoms with Gasteiger partial charge in [0.1, 0.15) is 5.75 Å². The van der Waals surface area contributed by atoms with Crippen LogP contribution in [-0.2, 0) is 0 Å². The molecule has 4 N–H and O–H groups in total. The van der Waals surface area contributed by atoms with E-state index in [0.29, 0.717) is 0 Å². The average Bonchev–Trinajstić information content (AvgIpc) is 2.10. The first-order valence-corrected chi connectivity index (χ1v) is 4.29. The Bertz CT molecular complexity index is 345. The van der Waals surface area contributed by atoms with E-state index >= 15 is 0 Å². The van der Waals surface area contributed by atoms with Crippen molar-refractivity contribution in [2.24, 2.45) is 16.5 Å². The van der Waals surface area contributed by atoms with Crippen molar-refractivity contribution in [3.8, 4) is 5.75 Å². The van der Waals surface area contributed by atoms with Crippen LogP contribution in [0.1, 0.15) is 11.1 Å². The van der Waals surface area contributed by atoms with Crippen LogP contribution in [0.5, 0.6) is 5.75 Å². The van der Waals surface area contributed by atoms with E-state index in [1.807, 2.05) is 26.0 Å². The van der Waals surface area contributed by atoms with Crippen molar-refractivity contribution >= 4 is 11.6 Å². The molecule has 14 heavy (non-hydrogen) atoms. The fourth-order valence-electron chi connectivity index (χ4n) is 1.34. The topological polar surface area (TPSA) is 73.6 Å². The van der Waals surface area contributed by atoms with E-state index in [-0.39, 0.29) is 5.96 Å². The van der Waals surface area contributed by atoms with Gasteiger partial charge in [0.05, 0.1) is 12.8 Å². The number of rotatable bonds is 2. The molecule has 0 aromatic heterocycles. The zero-order valence-corrected chi connectivity index (χ0v) is 8.66. The lowest BCUT2D eigenvalue weighted by molar-refractivity contribution is 0.414. The summed E-state index contributed by atoms with van der Waals surface area (Å²) >= 11 is 0. The van der Waals surface area contributed by atoms with E-state index in [2.05, 4.69) is 4.99 Å². The molecule has 0 aliphatic heterocycles. The zero-order chi connectivity index (χ0) is 10.7. The maximum atomic E-state index is 5.33. The molecule has 0 aliphatic carbocycles. The summed E-state index contributed by atoms with van der Waals surface area (Å²) in [6.07, 6.45) is 0. The predicted octanol–water partition coefficient (Wildman–Crippen LogP) is 1.22. The lowest BCUT2D eigenvalue weighted by Crippen LogP contribution is -2.22. The molecule has 0 saturated heterocycles. The van der Waals surface area contributed by atoms with E-state index in [9.17, 15) is 0 Å². The molecular formula is C10H15N3O. The number of nitrogens with zero attached hydrogens (tertiary/aromatic N) is 1.